The lowest BCUT2D eigenvalue weighted by Crippen LogP contribution is -2.42. The van der Waals surface area contributed by atoms with Crippen LogP contribution in [0.5, 0.6) is 0 Å². The number of rotatable bonds is 6. The second-order valence-electron chi connectivity index (χ2n) is 7.72. The van der Waals surface area contributed by atoms with Gasteiger partial charge in [-0.05, 0) is 31.4 Å². The number of nitrogens with one attached hydrogen (secondary N) is 2. The number of nitrogens with zero attached hydrogens (tertiary/aromatic N) is 1. The maximum atomic E-state index is 14.1. The highest BCUT2D eigenvalue weighted by Crippen LogP contribution is 2.48. The molecule has 0 saturated heterocycles. The standard InChI is InChI=1S/C23H21F2N3O3/c1-14-19(28-31-20(14)15-5-3-2-4-6-15)12-26-21(29)22(30)27-13-23(9-10-23)17-8-7-16(24)11-18(17)25/h2-8,11H,9-10,12-13H2,1H3,(H,26,29)(H,27,30). The third-order valence-corrected chi connectivity index (χ3v) is 5.62. The van der Waals surface area contributed by atoms with E-state index in [1.807, 2.05) is 37.3 Å². The number of amides is 2. The highest BCUT2D eigenvalue weighted by molar-refractivity contribution is 6.35. The normalized spacial score (nSPS) is 14.2. The summed E-state index contributed by atoms with van der Waals surface area (Å²) < 4.78 is 32.6. The van der Waals surface area contributed by atoms with Gasteiger partial charge in [0, 0.05) is 29.2 Å². The summed E-state index contributed by atoms with van der Waals surface area (Å²) in [6.45, 7) is 1.96. The summed E-state index contributed by atoms with van der Waals surface area (Å²) >= 11 is 0. The van der Waals surface area contributed by atoms with Crippen molar-refractivity contribution < 1.29 is 22.9 Å². The smallest absolute Gasteiger partial charge is 0.309 e. The minimum absolute atomic E-state index is 0.0339. The fraction of sp³-hybridized carbons (Fsp3) is 0.261. The number of benzene rings is 2. The van der Waals surface area contributed by atoms with E-state index < -0.39 is 28.9 Å². The zero-order valence-electron chi connectivity index (χ0n) is 16.9. The first-order valence-corrected chi connectivity index (χ1v) is 9.92. The van der Waals surface area contributed by atoms with Gasteiger partial charge in [0.1, 0.15) is 17.3 Å². The monoisotopic (exact) mass is 425 g/mol. The minimum atomic E-state index is -0.821. The van der Waals surface area contributed by atoms with Gasteiger partial charge in [-0.3, -0.25) is 9.59 Å². The zero-order valence-corrected chi connectivity index (χ0v) is 16.9. The lowest BCUT2D eigenvalue weighted by molar-refractivity contribution is -0.139. The molecule has 1 fully saturated rings. The molecular formula is C23H21F2N3O3. The highest BCUT2D eigenvalue weighted by atomic mass is 19.1. The number of hydrogen-bond acceptors (Lipinski definition) is 4. The van der Waals surface area contributed by atoms with Crippen molar-refractivity contribution in [2.24, 2.45) is 0 Å². The molecule has 2 aromatic carbocycles. The Balaban J connectivity index is 1.33. The molecule has 160 valence electrons. The molecule has 3 aromatic rings. The summed E-state index contributed by atoms with van der Waals surface area (Å²) in [4.78, 5) is 24.4. The molecule has 1 aliphatic rings. The lowest BCUT2D eigenvalue weighted by Gasteiger charge is -2.17. The van der Waals surface area contributed by atoms with Crippen LogP contribution in [0.1, 0.15) is 29.7 Å². The molecule has 0 unspecified atom stereocenters. The van der Waals surface area contributed by atoms with Gasteiger partial charge < -0.3 is 15.2 Å². The third kappa shape index (κ3) is 4.33. The molecule has 1 aliphatic carbocycles. The van der Waals surface area contributed by atoms with Gasteiger partial charge in [-0.2, -0.15) is 0 Å². The maximum absolute atomic E-state index is 14.1. The maximum Gasteiger partial charge on any atom is 0.309 e. The van der Waals surface area contributed by atoms with Crippen LogP contribution >= 0.6 is 0 Å². The van der Waals surface area contributed by atoms with Gasteiger partial charge in [0.2, 0.25) is 0 Å². The van der Waals surface area contributed by atoms with Crippen LogP contribution in [0.4, 0.5) is 8.78 Å². The molecule has 6 nitrogen and oxygen atoms in total. The van der Waals surface area contributed by atoms with E-state index in [9.17, 15) is 18.4 Å². The van der Waals surface area contributed by atoms with Gasteiger partial charge in [0.15, 0.2) is 5.76 Å². The number of aromatic nitrogens is 1. The van der Waals surface area contributed by atoms with E-state index in [1.165, 1.54) is 12.1 Å². The van der Waals surface area contributed by atoms with Gasteiger partial charge >= 0.3 is 11.8 Å². The van der Waals surface area contributed by atoms with Crippen LogP contribution in [-0.2, 0) is 21.5 Å². The van der Waals surface area contributed by atoms with Gasteiger partial charge in [0.05, 0.1) is 6.54 Å². The number of halogens is 2. The molecule has 0 aliphatic heterocycles. The third-order valence-electron chi connectivity index (χ3n) is 5.62. The van der Waals surface area contributed by atoms with Crippen molar-refractivity contribution in [3.63, 3.8) is 0 Å². The predicted molar refractivity (Wildman–Crippen MR) is 109 cm³/mol. The van der Waals surface area contributed by atoms with E-state index in [0.717, 1.165) is 17.2 Å². The van der Waals surface area contributed by atoms with E-state index in [4.69, 9.17) is 4.52 Å². The molecule has 0 atom stereocenters. The Labute approximate surface area is 177 Å². The Kier molecular flexibility index (Phi) is 5.54. The fourth-order valence-corrected chi connectivity index (χ4v) is 3.58. The largest absolute Gasteiger partial charge is 0.356 e. The van der Waals surface area contributed by atoms with Crippen molar-refractivity contribution >= 4 is 11.8 Å². The van der Waals surface area contributed by atoms with Crippen molar-refractivity contribution in [2.75, 3.05) is 6.54 Å². The molecule has 2 N–H and O–H groups in total. The summed E-state index contributed by atoms with van der Waals surface area (Å²) in [5.74, 6) is -2.34. The molecule has 4 rings (SSSR count). The van der Waals surface area contributed by atoms with Crippen molar-refractivity contribution in [3.8, 4) is 11.3 Å². The van der Waals surface area contributed by atoms with E-state index >= 15 is 0 Å². The molecule has 1 saturated carbocycles. The Morgan fingerprint density at radius 3 is 2.45 bits per heavy atom. The molecule has 0 spiro atoms. The average molecular weight is 425 g/mol. The molecule has 2 amide bonds. The fourth-order valence-electron chi connectivity index (χ4n) is 3.58. The van der Waals surface area contributed by atoms with Crippen molar-refractivity contribution in [2.45, 2.75) is 31.7 Å². The van der Waals surface area contributed by atoms with Crippen molar-refractivity contribution in [1.82, 2.24) is 15.8 Å². The minimum Gasteiger partial charge on any atom is -0.356 e. The molecule has 0 bridgehead atoms. The molecule has 8 heteroatoms. The van der Waals surface area contributed by atoms with E-state index in [0.29, 0.717) is 29.9 Å². The molecule has 0 radical (unpaired) electrons. The lowest BCUT2D eigenvalue weighted by atomic mass is 9.95. The topological polar surface area (TPSA) is 84.2 Å². The quantitative estimate of drug-likeness (QED) is 0.593. The SMILES string of the molecule is Cc1c(CNC(=O)C(=O)NCC2(c3ccc(F)cc3F)CC2)noc1-c1ccccc1. The van der Waals surface area contributed by atoms with Gasteiger partial charge in [0.25, 0.3) is 0 Å². The van der Waals surface area contributed by atoms with E-state index in [-0.39, 0.29) is 13.1 Å². The van der Waals surface area contributed by atoms with Gasteiger partial charge in [-0.25, -0.2) is 8.78 Å². The Bertz CT molecular complexity index is 1120. The van der Waals surface area contributed by atoms with Crippen LogP contribution in [0.25, 0.3) is 11.3 Å². The van der Waals surface area contributed by atoms with Crippen molar-refractivity contribution in [1.29, 1.82) is 0 Å². The van der Waals surface area contributed by atoms with E-state index in [1.54, 1.807) is 0 Å². The number of carbonyl (C=O) groups excluding carboxylic acids is 2. The highest BCUT2D eigenvalue weighted by Gasteiger charge is 2.46. The number of carbonyl (C=O) groups is 2. The predicted octanol–water partition coefficient (Wildman–Crippen LogP) is 3.39. The first-order valence-electron chi connectivity index (χ1n) is 9.92. The molecule has 1 aromatic heterocycles. The Morgan fingerprint density at radius 2 is 1.77 bits per heavy atom. The summed E-state index contributed by atoms with van der Waals surface area (Å²) in [7, 11) is 0. The Morgan fingerprint density at radius 1 is 1.06 bits per heavy atom. The van der Waals surface area contributed by atoms with E-state index in [2.05, 4.69) is 15.8 Å². The van der Waals surface area contributed by atoms with Gasteiger partial charge in [-0.15, -0.1) is 0 Å². The van der Waals surface area contributed by atoms with Crippen LogP contribution < -0.4 is 10.6 Å². The number of hydrogen-bond donors (Lipinski definition) is 2. The van der Waals surface area contributed by atoms with Crippen LogP contribution in [0.2, 0.25) is 0 Å². The first kappa shape index (κ1) is 20.7. The van der Waals surface area contributed by atoms with Crippen LogP contribution in [0, 0.1) is 18.6 Å². The Hall–Kier alpha value is -3.55. The molecule has 1 heterocycles. The van der Waals surface area contributed by atoms with Crippen LogP contribution in [-0.4, -0.2) is 23.5 Å². The summed E-state index contributed by atoms with van der Waals surface area (Å²) in [5.41, 5.74) is 1.91. The summed E-state index contributed by atoms with van der Waals surface area (Å²) in [5, 5.41) is 9.06. The van der Waals surface area contributed by atoms with Crippen LogP contribution in [0.3, 0.4) is 0 Å². The van der Waals surface area contributed by atoms with Gasteiger partial charge in [-0.1, -0.05) is 41.6 Å². The summed E-state index contributed by atoms with van der Waals surface area (Å²) in [6.07, 6.45) is 1.30. The average Bonchev–Trinajstić information content (AvgIpc) is 3.46. The van der Waals surface area contributed by atoms with Crippen LogP contribution in [0.15, 0.2) is 53.1 Å². The molecule has 31 heavy (non-hydrogen) atoms. The van der Waals surface area contributed by atoms with Crippen molar-refractivity contribution in [3.05, 3.63) is 77.0 Å². The first-order chi connectivity index (χ1) is 14.9. The second kappa shape index (κ2) is 8.29. The zero-order chi connectivity index (χ0) is 22.0. The second-order valence-corrected chi connectivity index (χ2v) is 7.72. The summed E-state index contributed by atoms with van der Waals surface area (Å²) in [6, 6.07) is 12.8. The molecular weight excluding hydrogens is 404 g/mol.